The molecule has 42 heavy (non-hydrogen) atoms. The summed E-state index contributed by atoms with van der Waals surface area (Å²) in [6.07, 6.45) is 4.03. The second-order valence-electron chi connectivity index (χ2n) is 9.87. The van der Waals surface area contributed by atoms with Crippen LogP contribution in [0.5, 0.6) is 5.75 Å². The Morgan fingerprint density at radius 3 is 2.52 bits per heavy atom. The van der Waals surface area contributed by atoms with Crippen LogP contribution in [0, 0.1) is 0 Å². The van der Waals surface area contributed by atoms with Gasteiger partial charge in [0.05, 0.1) is 33.8 Å². The van der Waals surface area contributed by atoms with Crippen molar-refractivity contribution in [1.29, 1.82) is 0 Å². The number of rotatable bonds is 7. The number of benzene rings is 3. The summed E-state index contributed by atoms with van der Waals surface area (Å²) in [5.41, 5.74) is 3.90. The molecule has 6 rings (SSSR count). The third-order valence-electron chi connectivity index (χ3n) is 6.98. The minimum absolute atomic E-state index is 0.0637. The number of carbonyl (C=O) groups is 1. The smallest absolute Gasteiger partial charge is 0.266 e. The van der Waals surface area contributed by atoms with Crippen LogP contribution in [0.4, 0.5) is 0 Å². The first-order valence-corrected chi connectivity index (χ1v) is 16.8. The lowest BCUT2D eigenvalue weighted by Crippen LogP contribution is -2.39. The zero-order chi connectivity index (χ0) is 29.4. The van der Waals surface area contributed by atoms with Crippen LogP contribution < -0.4 is 4.74 Å². The van der Waals surface area contributed by atoms with E-state index >= 15 is 0 Å². The number of hydrogen-bond acceptors (Lipinski definition) is 7. The van der Waals surface area contributed by atoms with Crippen molar-refractivity contribution in [2.75, 3.05) is 11.5 Å². The zero-order valence-corrected chi connectivity index (χ0v) is 25.9. The van der Waals surface area contributed by atoms with Crippen molar-refractivity contribution >= 4 is 73.3 Å². The number of thiocarbonyl (C=S) groups is 1. The number of nitrogens with zero attached hydrogens (tertiary/aromatic N) is 3. The Bertz CT molecular complexity index is 1820. The third-order valence-corrected chi connectivity index (χ3v) is 10.7. The summed E-state index contributed by atoms with van der Waals surface area (Å²) >= 11 is 18.9. The number of ether oxygens (including phenoxy) is 1. The third kappa shape index (κ3) is 6.14. The summed E-state index contributed by atoms with van der Waals surface area (Å²) < 4.78 is 32.2. The van der Waals surface area contributed by atoms with Crippen LogP contribution in [-0.4, -0.2) is 50.9 Å². The number of amides is 1. The molecule has 1 atom stereocenters. The maximum Gasteiger partial charge on any atom is 0.266 e. The molecule has 2 aliphatic heterocycles. The highest BCUT2D eigenvalue weighted by atomic mass is 35.5. The molecule has 1 amide bonds. The van der Waals surface area contributed by atoms with Crippen molar-refractivity contribution in [2.24, 2.45) is 0 Å². The molecule has 0 N–H and O–H groups in total. The van der Waals surface area contributed by atoms with E-state index in [1.165, 1.54) is 16.7 Å². The Hall–Kier alpha value is -3.15. The van der Waals surface area contributed by atoms with E-state index < -0.39 is 15.9 Å². The number of thioether (sulfide) groups is 1. The molecule has 3 heterocycles. The molecule has 0 radical (unpaired) electrons. The number of carbonyl (C=O) groups excluding carboxylic acids is 1. The van der Waals surface area contributed by atoms with Crippen molar-refractivity contribution in [3.05, 3.63) is 105 Å². The molecule has 2 saturated heterocycles. The number of aromatic nitrogens is 2. The van der Waals surface area contributed by atoms with Gasteiger partial charge in [-0.05, 0) is 61.0 Å². The fourth-order valence-corrected chi connectivity index (χ4v) is 8.41. The second kappa shape index (κ2) is 11.9. The summed E-state index contributed by atoms with van der Waals surface area (Å²) in [5, 5.41) is 5.95. The van der Waals surface area contributed by atoms with Crippen LogP contribution in [0.25, 0.3) is 23.0 Å². The first-order valence-electron chi connectivity index (χ1n) is 13.0. The normalized spacial score (nSPS) is 19.1. The molecule has 0 spiro atoms. The molecule has 4 aromatic rings. The number of sulfone groups is 1. The Balaban J connectivity index is 1.29. The molecule has 2 fully saturated rings. The Kier molecular flexibility index (Phi) is 8.17. The molecule has 3 aromatic carbocycles. The van der Waals surface area contributed by atoms with E-state index in [4.69, 9.17) is 45.3 Å². The largest absolute Gasteiger partial charge is 0.489 e. The molecule has 2 aliphatic rings. The quantitative estimate of drug-likeness (QED) is 0.160. The summed E-state index contributed by atoms with van der Waals surface area (Å²) in [6.45, 7) is 0.285. The van der Waals surface area contributed by atoms with Crippen molar-refractivity contribution in [2.45, 2.75) is 19.1 Å². The topological polar surface area (TPSA) is 81.5 Å². The summed E-state index contributed by atoms with van der Waals surface area (Å²) in [5.74, 6) is 0.368. The van der Waals surface area contributed by atoms with Crippen LogP contribution in [0.15, 0.2) is 83.9 Å². The highest BCUT2D eigenvalue weighted by Gasteiger charge is 2.42. The summed E-state index contributed by atoms with van der Waals surface area (Å²) in [6, 6.07) is 22.0. The molecule has 214 valence electrons. The van der Waals surface area contributed by atoms with Crippen molar-refractivity contribution in [3.63, 3.8) is 0 Å². The van der Waals surface area contributed by atoms with E-state index in [-0.39, 0.29) is 24.0 Å². The monoisotopic (exact) mass is 655 g/mol. The molecular formula is C30H23Cl2N3O4S3. The lowest BCUT2D eigenvalue weighted by atomic mass is 10.1. The maximum absolute atomic E-state index is 13.4. The lowest BCUT2D eigenvalue weighted by Gasteiger charge is -2.20. The molecular weight excluding hydrogens is 633 g/mol. The number of halogens is 2. The number of para-hydroxylation sites is 1. The van der Waals surface area contributed by atoms with Crippen LogP contribution in [-0.2, 0) is 21.2 Å². The van der Waals surface area contributed by atoms with Gasteiger partial charge in [0, 0.05) is 32.9 Å². The van der Waals surface area contributed by atoms with Gasteiger partial charge in [-0.2, -0.15) is 5.10 Å². The van der Waals surface area contributed by atoms with Crippen LogP contribution in [0.2, 0.25) is 10.0 Å². The fraction of sp³-hybridized carbons (Fsp3) is 0.167. The molecule has 7 nitrogen and oxygen atoms in total. The second-order valence-corrected chi connectivity index (χ2v) is 14.6. The van der Waals surface area contributed by atoms with Gasteiger partial charge in [-0.3, -0.25) is 9.69 Å². The zero-order valence-electron chi connectivity index (χ0n) is 21.9. The summed E-state index contributed by atoms with van der Waals surface area (Å²) in [4.78, 5) is 15.3. The van der Waals surface area contributed by atoms with Gasteiger partial charge < -0.3 is 4.74 Å². The first-order chi connectivity index (χ1) is 20.2. The molecule has 12 heteroatoms. The predicted molar refractivity (Wildman–Crippen MR) is 172 cm³/mol. The van der Waals surface area contributed by atoms with Crippen LogP contribution in [0.1, 0.15) is 17.5 Å². The van der Waals surface area contributed by atoms with Gasteiger partial charge in [-0.1, -0.05) is 71.4 Å². The van der Waals surface area contributed by atoms with E-state index in [2.05, 4.69) is 0 Å². The van der Waals surface area contributed by atoms with Gasteiger partial charge >= 0.3 is 0 Å². The minimum atomic E-state index is -3.17. The maximum atomic E-state index is 13.4. The fourth-order valence-electron chi connectivity index (χ4n) is 4.85. The minimum Gasteiger partial charge on any atom is -0.489 e. The van der Waals surface area contributed by atoms with Crippen molar-refractivity contribution in [3.8, 4) is 22.7 Å². The summed E-state index contributed by atoms with van der Waals surface area (Å²) in [7, 11) is -3.17. The van der Waals surface area contributed by atoms with Crippen LogP contribution in [0.3, 0.4) is 0 Å². The standard InChI is InChI=1S/C30H23Cl2N3O4S3/c31-22-9-6-20(26(32)15-22)17-39-25-10-7-19(8-11-25)28-21(16-34(33-28)23-4-2-1-3-5-23)14-27-29(36)35(30(40)41-27)24-12-13-42(37,38)18-24/h1-11,14-16,24H,12-13,17-18H2. The molecule has 0 bridgehead atoms. The first kappa shape index (κ1) is 28.9. The number of hydrogen-bond donors (Lipinski definition) is 0. The average Bonchev–Trinajstić information content (AvgIpc) is 3.63. The van der Waals surface area contributed by atoms with Crippen molar-refractivity contribution in [1.82, 2.24) is 14.7 Å². The van der Waals surface area contributed by atoms with Gasteiger partial charge in [0.15, 0.2) is 9.84 Å². The van der Waals surface area contributed by atoms with Gasteiger partial charge in [0.1, 0.15) is 16.7 Å². The van der Waals surface area contributed by atoms with Crippen molar-refractivity contribution < 1.29 is 17.9 Å². The highest BCUT2D eigenvalue weighted by Crippen LogP contribution is 2.38. The Morgan fingerprint density at radius 1 is 1.07 bits per heavy atom. The van der Waals surface area contributed by atoms with Gasteiger partial charge in [0.2, 0.25) is 0 Å². The lowest BCUT2D eigenvalue weighted by molar-refractivity contribution is -0.123. The highest BCUT2D eigenvalue weighted by molar-refractivity contribution is 8.26. The van der Waals surface area contributed by atoms with E-state index in [1.54, 1.807) is 22.9 Å². The van der Waals surface area contributed by atoms with E-state index in [9.17, 15) is 13.2 Å². The van der Waals surface area contributed by atoms with Gasteiger partial charge in [0.25, 0.3) is 5.91 Å². The Labute approximate surface area is 263 Å². The molecule has 0 aliphatic carbocycles. The SMILES string of the molecule is O=C1C(=Cc2cn(-c3ccccc3)nc2-c2ccc(OCc3ccc(Cl)cc3Cl)cc2)SC(=S)N1C1CCS(=O)(=O)C1. The molecule has 1 aromatic heterocycles. The van der Waals surface area contributed by atoms with Gasteiger partial charge in [-0.15, -0.1) is 0 Å². The van der Waals surface area contributed by atoms with E-state index in [0.717, 1.165) is 22.4 Å². The van der Waals surface area contributed by atoms with Crippen LogP contribution >= 0.6 is 47.2 Å². The van der Waals surface area contributed by atoms with Gasteiger partial charge in [-0.25, -0.2) is 13.1 Å². The molecule has 1 unspecified atom stereocenters. The molecule has 0 saturated carbocycles. The predicted octanol–water partition coefficient (Wildman–Crippen LogP) is 6.81. The average molecular weight is 657 g/mol. The Morgan fingerprint density at radius 2 is 1.83 bits per heavy atom. The van der Waals surface area contributed by atoms with E-state index in [1.807, 2.05) is 66.9 Å². The van der Waals surface area contributed by atoms with E-state index in [0.29, 0.717) is 37.1 Å².